The van der Waals surface area contributed by atoms with Gasteiger partial charge >= 0.3 is 0 Å². The van der Waals surface area contributed by atoms with E-state index in [1.807, 2.05) is 54.6 Å². The van der Waals surface area contributed by atoms with Crippen LogP contribution in [0.4, 0.5) is 0 Å². The Bertz CT molecular complexity index is 842. The number of aromatic amines is 1. The molecule has 0 aliphatic heterocycles. The van der Waals surface area contributed by atoms with Gasteiger partial charge in [0.25, 0.3) is 5.91 Å². The van der Waals surface area contributed by atoms with E-state index in [0.717, 1.165) is 22.9 Å². The number of carbonyl (C=O) groups is 2. The number of amides is 2. The molecular weight excluding hydrogens is 304 g/mol. The van der Waals surface area contributed by atoms with Crippen LogP contribution >= 0.6 is 0 Å². The zero-order valence-electron chi connectivity index (χ0n) is 13.1. The van der Waals surface area contributed by atoms with Gasteiger partial charge in [-0.25, -0.2) is 0 Å². The zero-order valence-corrected chi connectivity index (χ0v) is 13.1. The second kappa shape index (κ2) is 7.41. The predicted octanol–water partition coefficient (Wildman–Crippen LogP) is 1.65. The topological polar surface area (TPSA) is 86.9 Å². The van der Waals surface area contributed by atoms with E-state index in [-0.39, 0.29) is 18.4 Å². The van der Waals surface area contributed by atoms with Gasteiger partial charge in [-0.15, -0.1) is 0 Å². The highest BCUT2D eigenvalue weighted by molar-refractivity contribution is 6.05. The number of hydrogen-bond donors (Lipinski definition) is 3. The lowest BCUT2D eigenvalue weighted by atomic mass is 10.1. The molecule has 2 aromatic carbocycles. The van der Waals surface area contributed by atoms with Crippen molar-refractivity contribution in [1.82, 2.24) is 20.8 Å². The van der Waals surface area contributed by atoms with Crippen molar-refractivity contribution < 1.29 is 9.59 Å². The molecule has 3 N–H and O–H groups in total. The molecule has 2 amide bonds. The number of rotatable bonds is 6. The molecule has 0 fully saturated rings. The smallest absolute Gasteiger partial charge is 0.272 e. The first-order valence-corrected chi connectivity index (χ1v) is 7.76. The van der Waals surface area contributed by atoms with Crippen LogP contribution < -0.4 is 10.6 Å². The maximum absolute atomic E-state index is 12.1. The number of carbonyl (C=O) groups excluding carboxylic acids is 2. The van der Waals surface area contributed by atoms with Gasteiger partial charge in [0.1, 0.15) is 0 Å². The number of para-hydroxylation sites is 1. The molecule has 0 radical (unpaired) electrons. The van der Waals surface area contributed by atoms with Crippen molar-refractivity contribution in [1.29, 1.82) is 0 Å². The highest BCUT2D eigenvalue weighted by atomic mass is 16.2. The van der Waals surface area contributed by atoms with Crippen LogP contribution in [-0.4, -0.2) is 35.1 Å². The maximum Gasteiger partial charge on any atom is 0.272 e. The second-order valence-electron chi connectivity index (χ2n) is 5.39. The molecule has 0 atom stereocenters. The van der Waals surface area contributed by atoms with Gasteiger partial charge in [-0.05, 0) is 18.1 Å². The summed E-state index contributed by atoms with van der Waals surface area (Å²) in [5.74, 6) is -0.593. The third kappa shape index (κ3) is 3.78. The van der Waals surface area contributed by atoms with E-state index in [1.54, 1.807) is 0 Å². The van der Waals surface area contributed by atoms with Crippen LogP contribution in [0.5, 0.6) is 0 Å². The molecule has 24 heavy (non-hydrogen) atoms. The Hall–Kier alpha value is -3.15. The lowest BCUT2D eigenvalue weighted by Crippen LogP contribution is -2.37. The van der Waals surface area contributed by atoms with Crippen molar-refractivity contribution in [2.75, 3.05) is 13.1 Å². The summed E-state index contributed by atoms with van der Waals surface area (Å²) in [6.07, 6.45) is 0.754. The van der Waals surface area contributed by atoms with Gasteiger partial charge in [-0.3, -0.25) is 14.7 Å². The predicted molar refractivity (Wildman–Crippen MR) is 91.6 cm³/mol. The van der Waals surface area contributed by atoms with Gasteiger partial charge in [-0.1, -0.05) is 48.5 Å². The molecule has 6 heteroatoms. The highest BCUT2D eigenvalue weighted by Gasteiger charge is 2.14. The summed E-state index contributed by atoms with van der Waals surface area (Å²) in [4.78, 5) is 24.0. The number of benzene rings is 2. The molecule has 6 nitrogen and oxygen atoms in total. The molecule has 0 bridgehead atoms. The number of aromatic nitrogens is 2. The molecule has 0 unspecified atom stereocenters. The molecule has 0 saturated heterocycles. The minimum Gasteiger partial charge on any atom is -0.354 e. The van der Waals surface area contributed by atoms with Crippen molar-refractivity contribution >= 4 is 22.7 Å². The fourth-order valence-electron chi connectivity index (χ4n) is 2.43. The van der Waals surface area contributed by atoms with E-state index in [4.69, 9.17) is 0 Å². The first-order valence-electron chi connectivity index (χ1n) is 7.76. The Morgan fingerprint density at radius 3 is 2.54 bits per heavy atom. The average molecular weight is 322 g/mol. The van der Waals surface area contributed by atoms with Crippen LogP contribution in [0.1, 0.15) is 16.1 Å². The van der Waals surface area contributed by atoms with Crippen molar-refractivity contribution in [3.63, 3.8) is 0 Å². The molecule has 3 aromatic rings. The van der Waals surface area contributed by atoms with Gasteiger partial charge < -0.3 is 10.6 Å². The van der Waals surface area contributed by atoms with E-state index >= 15 is 0 Å². The van der Waals surface area contributed by atoms with Crippen LogP contribution in [0.2, 0.25) is 0 Å². The Morgan fingerprint density at radius 1 is 0.958 bits per heavy atom. The fraction of sp³-hybridized carbons (Fsp3) is 0.167. The highest BCUT2D eigenvalue weighted by Crippen LogP contribution is 2.14. The third-order valence-electron chi connectivity index (χ3n) is 3.67. The molecule has 1 aromatic heterocycles. The van der Waals surface area contributed by atoms with E-state index in [2.05, 4.69) is 20.8 Å². The van der Waals surface area contributed by atoms with Crippen LogP contribution in [0, 0.1) is 0 Å². The molecule has 0 aliphatic carbocycles. The van der Waals surface area contributed by atoms with Crippen molar-refractivity contribution in [3.8, 4) is 0 Å². The normalized spacial score (nSPS) is 10.5. The Kier molecular flexibility index (Phi) is 4.86. The van der Waals surface area contributed by atoms with Gasteiger partial charge in [0, 0.05) is 11.9 Å². The number of fused-ring (bicyclic) bond motifs is 1. The van der Waals surface area contributed by atoms with Crippen LogP contribution in [0.25, 0.3) is 10.9 Å². The summed E-state index contributed by atoms with van der Waals surface area (Å²) in [6.45, 7) is 0.457. The summed E-state index contributed by atoms with van der Waals surface area (Å²) in [5.41, 5.74) is 2.24. The first-order chi connectivity index (χ1) is 11.7. The number of H-pyrrole nitrogens is 1. The Morgan fingerprint density at radius 2 is 1.71 bits per heavy atom. The summed E-state index contributed by atoms with van der Waals surface area (Å²) < 4.78 is 0. The monoisotopic (exact) mass is 322 g/mol. The minimum absolute atomic E-state index is 0.0746. The molecule has 122 valence electrons. The Balaban J connectivity index is 1.46. The lowest BCUT2D eigenvalue weighted by Gasteiger charge is -2.06. The number of nitrogens with zero attached hydrogens (tertiary/aromatic N) is 1. The molecular formula is C18H18N4O2. The molecule has 1 heterocycles. The average Bonchev–Trinajstić information content (AvgIpc) is 3.05. The largest absolute Gasteiger partial charge is 0.354 e. The standard InChI is InChI=1S/C18H18N4O2/c23-16(19-11-10-13-6-2-1-3-7-13)12-20-18(24)17-14-8-4-5-9-15(14)21-22-17/h1-9H,10-12H2,(H,19,23)(H,20,24)(H,21,22). The quantitative estimate of drug-likeness (QED) is 0.645. The SMILES string of the molecule is O=C(CNC(=O)c1n[nH]c2ccccc12)NCCc1ccccc1. The van der Waals surface area contributed by atoms with E-state index in [1.165, 1.54) is 0 Å². The summed E-state index contributed by atoms with van der Waals surface area (Å²) >= 11 is 0. The molecule has 0 saturated carbocycles. The van der Waals surface area contributed by atoms with Crippen molar-refractivity contribution in [3.05, 3.63) is 65.9 Å². The van der Waals surface area contributed by atoms with E-state index < -0.39 is 0 Å². The van der Waals surface area contributed by atoms with Crippen molar-refractivity contribution in [2.45, 2.75) is 6.42 Å². The first kappa shape index (κ1) is 15.7. The van der Waals surface area contributed by atoms with Gasteiger partial charge in [0.05, 0.1) is 12.1 Å². The number of hydrogen-bond acceptors (Lipinski definition) is 3. The second-order valence-corrected chi connectivity index (χ2v) is 5.39. The molecule has 0 aliphatic rings. The lowest BCUT2D eigenvalue weighted by molar-refractivity contribution is -0.120. The number of nitrogens with one attached hydrogen (secondary N) is 3. The van der Waals surface area contributed by atoms with Gasteiger partial charge in [-0.2, -0.15) is 5.10 Å². The van der Waals surface area contributed by atoms with Crippen LogP contribution in [0.15, 0.2) is 54.6 Å². The minimum atomic E-state index is -0.370. The van der Waals surface area contributed by atoms with Crippen molar-refractivity contribution in [2.24, 2.45) is 0 Å². The summed E-state index contributed by atoms with van der Waals surface area (Å²) in [6, 6.07) is 17.3. The van der Waals surface area contributed by atoms with E-state index in [0.29, 0.717) is 12.2 Å². The van der Waals surface area contributed by atoms with Gasteiger partial charge in [0.15, 0.2) is 5.69 Å². The van der Waals surface area contributed by atoms with Crippen LogP contribution in [0.3, 0.4) is 0 Å². The maximum atomic E-state index is 12.1. The summed E-state index contributed by atoms with van der Waals surface area (Å²) in [5, 5.41) is 12.9. The van der Waals surface area contributed by atoms with Gasteiger partial charge in [0.2, 0.25) is 5.91 Å². The summed E-state index contributed by atoms with van der Waals surface area (Å²) in [7, 11) is 0. The third-order valence-corrected chi connectivity index (χ3v) is 3.67. The zero-order chi connectivity index (χ0) is 16.8. The fourth-order valence-corrected chi connectivity index (χ4v) is 2.43. The molecule has 0 spiro atoms. The van der Waals surface area contributed by atoms with Crippen LogP contribution in [-0.2, 0) is 11.2 Å². The van der Waals surface area contributed by atoms with E-state index in [9.17, 15) is 9.59 Å². The molecule has 3 rings (SSSR count). The Labute approximate surface area is 139 Å².